The summed E-state index contributed by atoms with van der Waals surface area (Å²) in [5.41, 5.74) is 1.07. The molecule has 1 aromatic heterocycles. The fourth-order valence-corrected chi connectivity index (χ4v) is 2.04. The molecule has 1 aromatic rings. The maximum absolute atomic E-state index is 11.9. The molecule has 1 amide bonds. The first-order valence-electron chi connectivity index (χ1n) is 5.55. The zero-order chi connectivity index (χ0) is 12.8. The van der Waals surface area contributed by atoms with Gasteiger partial charge in [-0.05, 0) is 18.8 Å². The molecule has 1 atom stereocenters. The van der Waals surface area contributed by atoms with E-state index in [0.29, 0.717) is 11.4 Å². The number of aromatic carboxylic acids is 1. The van der Waals surface area contributed by atoms with Gasteiger partial charge in [0, 0.05) is 17.8 Å². The predicted molar refractivity (Wildman–Crippen MR) is 63.0 cm³/mol. The van der Waals surface area contributed by atoms with Gasteiger partial charge < -0.3 is 15.4 Å². The molecule has 5 heteroatoms. The lowest BCUT2D eigenvalue weighted by molar-refractivity contribution is -0.118. The number of aryl methyl sites for hydroxylation is 1. The summed E-state index contributed by atoms with van der Waals surface area (Å²) in [6.45, 7) is 5.72. The molecule has 0 radical (unpaired) electrons. The molecule has 1 saturated carbocycles. The molecule has 1 unspecified atom stereocenters. The number of nitrogens with one attached hydrogen (secondary N) is 2. The molecule has 1 heterocycles. The van der Waals surface area contributed by atoms with Crippen LogP contribution in [0.5, 0.6) is 0 Å². The first-order chi connectivity index (χ1) is 7.83. The van der Waals surface area contributed by atoms with E-state index in [-0.39, 0.29) is 22.8 Å². The highest BCUT2D eigenvalue weighted by Gasteiger charge is 2.50. The lowest BCUT2D eigenvalue weighted by Crippen LogP contribution is -2.17. The monoisotopic (exact) mass is 236 g/mol. The predicted octanol–water partition coefficient (Wildman–Crippen LogP) is 2.01. The largest absolute Gasteiger partial charge is 0.478 e. The molecule has 2 rings (SSSR count). The van der Waals surface area contributed by atoms with Gasteiger partial charge in [0.25, 0.3) is 0 Å². The molecule has 92 valence electrons. The van der Waals surface area contributed by atoms with E-state index in [4.69, 9.17) is 5.11 Å². The fourth-order valence-electron chi connectivity index (χ4n) is 2.04. The molecule has 0 saturated heterocycles. The number of carboxylic acids is 1. The second-order valence-corrected chi connectivity index (χ2v) is 5.24. The number of aromatic amines is 1. The number of carboxylic acid groups (broad SMARTS) is 1. The summed E-state index contributed by atoms with van der Waals surface area (Å²) in [4.78, 5) is 25.7. The molecule has 5 nitrogen and oxygen atoms in total. The van der Waals surface area contributed by atoms with Crippen LogP contribution >= 0.6 is 0 Å². The van der Waals surface area contributed by atoms with Gasteiger partial charge >= 0.3 is 5.97 Å². The number of anilines is 1. The first-order valence-corrected chi connectivity index (χ1v) is 5.55. The van der Waals surface area contributed by atoms with Crippen molar-refractivity contribution in [3.05, 3.63) is 17.5 Å². The second-order valence-electron chi connectivity index (χ2n) is 5.24. The Balaban J connectivity index is 2.15. The zero-order valence-electron chi connectivity index (χ0n) is 10.1. The number of H-pyrrole nitrogens is 1. The smallest absolute Gasteiger partial charge is 0.339 e. The standard InChI is InChI=1S/C12H16N2O3/c1-6-9(11(16)17)8(5-13-6)14-10(15)7-4-12(7,2)3/h5,7,13H,4H2,1-3H3,(H,14,15)(H,16,17). The average molecular weight is 236 g/mol. The SMILES string of the molecule is Cc1[nH]cc(NC(=O)C2CC2(C)C)c1C(=O)O. The van der Waals surface area contributed by atoms with Gasteiger partial charge in [0.05, 0.1) is 5.69 Å². The molecule has 17 heavy (non-hydrogen) atoms. The Morgan fingerprint density at radius 3 is 2.59 bits per heavy atom. The van der Waals surface area contributed by atoms with Crippen LogP contribution in [0.25, 0.3) is 0 Å². The van der Waals surface area contributed by atoms with Crippen molar-refractivity contribution in [3.63, 3.8) is 0 Å². The number of amides is 1. The average Bonchev–Trinajstić information content (AvgIpc) is 2.67. The number of aromatic nitrogens is 1. The van der Waals surface area contributed by atoms with Crippen LogP contribution in [0.4, 0.5) is 5.69 Å². The van der Waals surface area contributed by atoms with Crippen molar-refractivity contribution < 1.29 is 14.7 Å². The summed E-state index contributed by atoms with van der Waals surface area (Å²) < 4.78 is 0. The number of rotatable bonds is 3. The van der Waals surface area contributed by atoms with Gasteiger partial charge in [0.15, 0.2) is 0 Å². The molecular weight excluding hydrogens is 220 g/mol. The van der Waals surface area contributed by atoms with Gasteiger partial charge in [-0.3, -0.25) is 4.79 Å². The summed E-state index contributed by atoms with van der Waals surface area (Å²) in [7, 11) is 0. The maximum Gasteiger partial charge on any atom is 0.339 e. The Morgan fingerprint density at radius 1 is 1.53 bits per heavy atom. The molecule has 0 aromatic carbocycles. The second kappa shape index (κ2) is 3.61. The van der Waals surface area contributed by atoms with Crippen LogP contribution in [0.3, 0.4) is 0 Å². The molecule has 3 N–H and O–H groups in total. The Bertz CT molecular complexity index is 488. The Morgan fingerprint density at radius 2 is 2.12 bits per heavy atom. The third-order valence-electron chi connectivity index (χ3n) is 3.38. The van der Waals surface area contributed by atoms with E-state index in [1.165, 1.54) is 6.20 Å². The minimum absolute atomic E-state index is 0.0145. The minimum Gasteiger partial charge on any atom is -0.478 e. The van der Waals surface area contributed by atoms with Gasteiger partial charge in [0.1, 0.15) is 5.56 Å². The van der Waals surface area contributed by atoms with E-state index in [1.54, 1.807) is 6.92 Å². The fraction of sp³-hybridized carbons (Fsp3) is 0.500. The van der Waals surface area contributed by atoms with Crippen LogP contribution in [0.15, 0.2) is 6.20 Å². The van der Waals surface area contributed by atoms with Gasteiger partial charge in [-0.25, -0.2) is 4.79 Å². The lowest BCUT2D eigenvalue weighted by Gasteiger charge is -2.06. The molecule has 1 aliphatic carbocycles. The van der Waals surface area contributed by atoms with Crippen molar-refractivity contribution in [2.45, 2.75) is 27.2 Å². The Hall–Kier alpha value is -1.78. The summed E-state index contributed by atoms with van der Waals surface area (Å²) >= 11 is 0. The summed E-state index contributed by atoms with van der Waals surface area (Å²) in [6, 6.07) is 0. The lowest BCUT2D eigenvalue weighted by atomic mass is 10.1. The van der Waals surface area contributed by atoms with E-state index in [0.717, 1.165) is 6.42 Å². The summed E-state index contributed by atoms with van der Waals surface area (Å²) in [5.74, 6) is -1.15. The molecule has 0 spiro atoms. The van der Waals surface area contributed by atoms with Gasteiger partial charge in [-0.15, -0.1) is 0 Å². The normalized spacial score (nSPS) is 21.0. The highest BCUT2D eigenvalue weighted by Crippen LogP contribution is 2.52. The van der Waals surface area contributed by atoms with Gasteiger partial charge in [-0.1, -0.05) is 13.8 Å². The Kier molecular flexibility index (Phi) is 2.49. The quantitative estimate of drug-likeness (QED) is 0.750. The van der Waals surface area contributed by atoms with Crippen molar-refractivity contribution in [2.24, 2.45) is 11.3 Å². The third-order valence-corrected chi connectivity index (χ3v) is 3.38. The summed E-state index contributed by atoms with van der Waals surface area (Å²) in [6.07, 6.45) is 2.37. The number of carbonyl (C=O) groups is 2. The van der Waals surface area contributed by atoms with Crippen LogP contribution in [-0.4, -0.2) is 22.0 Å². The van der Waals surface area contributed by atoms with Crippen LogP contribution < -0.4 is 5.32 Å². The Labute approximate surface area is 99.2 Å². The highest BCUT2D eigenvalue weighted by atomic mass is 16.4. The molecule has 1 fully saturated rings. The van der Waals surface area contributed by atoms with Crippen LogP contribution in [0.2, 0.25) is 0 Å². The zero-order valence-corrected chi connectivity index (χ0v) is 10.1. The number of hydrogen-bond donors (Lipinski definition) is 3. The molecular formula is C12H16N2O3. The molecule has 0 aliphatic heterocycles. The van der Waals surface area contributed by atoms with Crippen molar-refractivity contribution in [1.29, 1.82) is 0 Å². The van der Waals surface area contributed by atoms with Gasteiger partial charge in [-0.2, -0.15) is 0 Å². The van der Waals surface area contributed by atoms with E-state index in [9.17, 15) is 9.59 Å². The van der Waals surface area contributed by atoms with E-state index >= 15 is 0 Å². The van der Waals surface area contributed by atoms with Crippen LogP contribution in [0, 0.1) is 18.3 Å². The maximum atomic E-state index is 11.9. The van der Waals surface area contributed by atoms with Crippen molar-refractivity contribution in [3.8, 4) is 0 Å². The minimum atomic E-state index is -1.03. The van der Waals surface area contributed by atoms with E-state index < -0.39 is 5.97 Å². The number of carbonyl (C=O) groups excluding carboxylic acids is 1. The van der Waals surface area contributed by atoms with Crippen molar-refractivity contribution >= 4 is 17.6 Å². The van der Waals surface area contributed by atoms with Crippen molar-refractivity contribution in [1.82, 2.24) is 4.98 Å². The van der Waals surface area contributed by atoms with Crippen molar-refractivity contribution in [2.75, 3.05) is 5.32 Å². The molecule has 1 aliphatic rings. The topological polar surface area (TPSA) is 82.2 Å². The van der Waals surface area contributed by atoms with Crippen LogP contribution in [0.1, 0.15) is 36.3 Å². The van der Waals surface area contributed by atoms with Gasteiger partial charge in [0.2, 0.25) is 5.91 Å². The van der Waals surface area contributed by atoms with Crippen LogP contribution in [-0.2, 0) is 4.79 Å². The third kappa shape index (κ3) is 2.05. The number of hydrogen-bond acceptors (Lipinski definition) is 2. The molecule has 0 bridgehead atoms. The van der Waals surface area contributed by atoms with E-state index in [1.807, 2.05) is 13.8 Å². The first kappa shape index (κ1) is 11.7. The summed E-state index contributed by atoms with van der Waals surface area (Å²) in [5, 5.41) is 11.7. The highest BCUT2D eigenvalue weighted by molar-refractivity contribution is 6.02. The van der Waals surface area contributed by atoms with E-state index in [2.05, 4.69) is 10.3 Å².